The predicted molar refractivity (Wildman–Crippen MR) is 140 cm³/mol. The highest BCUT2D eigenvalue weighted by atomic mass is 32.2. The molecule has 2 N–H and O–H groups in total. The quantitative estimate of drug-likeness (QED) is 0.428. The van der Waals surface area contributed by atoms with Gasteiger partial charge in [-0.3, -0.25) is 9.69 Å². The molecule has 200 valence electrons. The zero-order chi connectivity index (χ0) is 26.3. The van der Waals surface area contributed by atoms with Gasteiger partial charge in [0.2, 0.25) is 11.6 Å². The number of anilines is 1. The average molecular weight is 550 g/mol. The molecule has 4 heterocycles. The molecule has 0 saturated carbocycles. The fraction of sp³-hybridized carbons (Fsp3) is 0.652. The molecule has 0 radical (unpaired) electrons. The third kappa shape index (κ3) is 7.86. The Morgan fingerprint density at radius 2 is 2.05 bits per heavy atom. The highest BCUT2D eigenvalue weighted by Gasteiger charge is 2.29. The van der Waals surface area contributed by atoms with E-state index in [1.807, 2.05) is 16.7 Å². The second-order valence-electron chi connectivity index (χ2n) is 9.40. The van der Waals surface area contributed by atoms with Crippen LogP contribution in [0.25, 0.3) is 11.1 Å². The van der Waals surface area contributed by atoms with Crippen molar-refractivity contribution in [3.8, 4) is 6.07 Å². The van der Waals surface area contributed by atoms with Crippen LogP contribution in [0, 0.1) is 17.2 Å². The Morgan fingerprint density at radius 3 is 2.78 bits per heavy atom. The SMILES string of the molecule is N#CC(CCCC1CCSCC1)NC(=O)C(CN1CCS(=O)(=O)CC1)Nc1nc(=O)oc2ncncc12. The Hall–Kier alpha value is -2.76. The Kier molecular flexibility index (Phi) is 9.33. The molecule has 37 heavy (non-hydrogen) atoms. The molecule has 2 saturated heterocycles. The van der Waals surface area contributed by atoms with Gasteiger partial charge in [-0.1, -0.05) is 12.8 Å². The topological polar surface area (TPSA) is 171 Å². The first-order valence-corrected chi connectivity index (χ1v) is 15.4. The fourth-order valence-electron chi connectivity index (χ4n) is 4.57. The van der Waals surface area contributed by atoms with Crippen molar-refractivity contribution in [1.82, 2.24) is 25.2 Å². The predicted octanol–water partition coefficient (Wildman–Crippen LogP) is 0.811. The van der Waals surface area contributed by atoms with Gasteiger partial charge in [0.05, 0.1) is 23.0 Å². The second-order valence-corrected chi connectivity index (χ2v) is 12.9. The first-order chi connectivity index (χ1) is 17.8. The maximum Gasteiger partial charge on any atom is 0.442 e. The molecule has 2 aliphatic heterocycles. The van der Waals surface area contributed by atoms with E-state index in [1.165, 1.54) is 36.9 Å². The van der Waals surface area contributed by atoms with E-state index in [0.717, 1.165) is 12.8 Å². The van der Waals surface area contributed by atoms with Gasteiger partial charge in [-0.15, -0.1) is 0 Å². The first-order valence-electron chi connectivity index (χ1n) is 12.4. The molecule has 2 atom stereocenters. The van der Waals surface area contributed by atoms with Crippen LogP contribution < -0.4 is 16.4 Å². The lowest BCUT2D eigenvalue weighted by atomic mass is 9.95. The summed E-state index contributed by atoms with van der Waals surface area (Å²) in [5.41, 5.74) is 0.0248. The average Bonchev–Trinajstić information content (AvgIpc) is 2.89. The van der Waals surface area contributed by atoms with Crippen molar-refractivity contribution >= 4 is 44.4 Å². The van der Waals surface area contributed by atoms with Gasteiger partial charge in [-0.05, 0) is 36.7 Å². The van der Waals surface area contributed by atoms with Crippen LogP contribution in [0.3, 0.4) is 0 Å². The minimum Gasteiger partial charge on any atom is -0.389 e. The summed E-state index contributed by atoms with van der Waals surface area (Å²) in [6, 6.07) is 0.611. The number of carbonyl (C=O) groups excluding carboxylic acids is 1. The third-order valence-corrected chi connectivity index (χ3v) is 9.40. The van der Waals surface area contributed by atoms with E-state index in [4.69, 9.17) is 4.42 Å². The van der Waals surface area contributed by atoms with Crippen LogP contribution in [-0.4, -0.2) is 88.9 Å². The van der Waals surface area contributed by atoms with Crippen LogP contribution >= 0.6 is 11.8 Å². The number of aromatic nitrogens is 3. The van der Waals surface area contributed by atoms with Gasteiger partial charge in [0.15, 0.2) is 9.84 Å². The van der Waals surface area contributed by atoms with Crippen LogP contribution in [0.5, 0.6) is 0 Å². The lowest BCUT2D eigenvalue weighted by Gasteiger charge is -2.30. The summed E-state index contributed by atoms with van der Waals surface area (Å²) in [6.45, 7) is 0.725. The lowest BCUT2D eigenvalue weighted by Crippen LogP contribution is -2.52. The number of hydrogen-bond donors (Lipinski definition) is 2. The summed E-state index contributed by atoms with van der Waals surface area (Å²) in [4.78, 5) is 39.0. The van der Waals surface area contributed by atoms with E-state index in [0.29, 0.717) is 17.7 Å². The smallest absolute Gasteiger partial charge is 0.389 e. The number of nitriles is 1. The second kappa shape index (κ2) is 12.7. The molecule has 2 aromatic rings. The number of sulfone groups is 1. The Bertz CT molecular complexity index is 1280. The summed E-state index contributed by atoms with van der Waals surface area (Å²) < 4.78 is 28.7. The molecule has 4 rings (SSSR count). The Labute approximate surface area is 219 Å². The number of rotatable bonds is 10. The van der Waals surface area contributed by atoms with Crippen LogP contribution in [-0.2, 0) is 14.6 Å². The summed E-state index contributed by atoms with van der Waals surface area (Å²) in [5, 5.41) is 15.8. The van der Waals surface area contributed by atoms with Crippen LogP contribution in [0.4, 0.5) is 5.82 Å². The summed E-state index contributed by atoms with van der Waals surface area (Å²) in [6.07, 6.45) is 7.48. The number of nitrogens with one attached hydrogen (secondary N) is 2. The van der Waals surface area contributed by atoms with Gasteiger partial charge < -0.3 is 15.1 Å². The van der Waals surface area contributed by atoms with E-state index in [9.17, 15) is 23.3 Å². The molecule has 0 aliphatic carbocycles. The summed E-state index contributed by atoms with van der Waals surface area (Å²) >= 11 is 1.98. The Balaban J connectivity index is 1.46. The van der Waals surface area contributed by atoms with Gasteiger partial charge >= 0.3 is 5.76 Å². The highest BCUT2D eigenvalue weighted by molar-refractivity contribution is 7.99. The van der Waals surface area contributed by atoms with E-state index in [1.54, 1.807) is 0 Å². The molecule has 2 aliphatic rings. The monoisotopic (exact) mass is 549 g/mol. The lowest BCUT2D eigenvalue weighted by molar-refractivity contribution is -0.122. The van der Waals surface area contributed by atoms with Crippen LogP contribution in [0.15, 0.2) is 21.7 Å². The van der Waals surface area contributed by atoms with Crippen molar-refractivity contribution in [1.29, 1.82) is 5.26 Å². The largest absolute Gasteiger partial charge is 0.442 e. The molecular weight excluding hydrogens is 518 g/mol. The maximum atomic E-state index is 13.4. The number of carbonyl (C=O) groups is 1. The molecular formula is C23H31N7O5S2. The molecule has 2 fully saturated rings. The summed E-state index contributed by atoms with van der Waals surface area (Å²) in [5.74, 6) is 1.81. The molecule has 1 amide bonds. The van der Waals surface area contributed by atoms with E-state index < -0.39 is 33.6 Å². The number of amides is 1. The zero-order valence-corrected chi connectivity index (χ0v) is 22.1. The fourth-order valence-corrected chi connectivity index (χ4v) is 7.05. The minimum absolute atomic E-state index is 0.00573. The minimum atomic E-state index is -3.10. The zero-order valence-electron chi connectivity index (χ0n) is 20.5. The van der Waals surface area contributed by atoms with E-state index in [2.05, 4.69) is 31.7 Å². The summed E-state index contributed by atoms with van der Waals surface area (Å²) in [7, 11) is -3.10. The number of fused-ring (bicyclic) bond motifs is 1. The molecule has 12 nitrogen and oxygen atoms in total. The van der Waals surface area contributed by atoms with Gasteiger partial charge in [-0.2, -0.15) is 22.0 Å². The normalized spacial score (nSPS) is 20.1. The van der Waals surface area contributed by atoms with Gasteiger partial charge in [0.25, 0.3) is 0 Å². The van der Waals surface area contributed by atoms with Crippen LogP contribution in [0.1, 0.15) is 32.1 Å². The molecule has 0 spiro atoms. The number of hydrogen-bond acceptors (Lipinski definition) is 12. The molecule has 0 aromatic carbocycles. The molecule has 0 bridgehead atoms. The third-order valence-electron chi connectivity index (χ3n) is 6.74. The van der Waals surface area contributed by atoms with E-state index >= 15 is 0 Å². The van der Waals surface area contributed by atoms with E-state index in [-0.39, 0.29) is 42.7 Å². The van der Waals surface area contributed by atoms with Crippen molar-refractivity contribution < 1.29 is 17.6 Å². The van der Waals surface area contributed by atoms with Crippen molar-refractivity contribution in [2.75, 3.05) is 48.0 Å². The van der Waals surface area contributed by atoms with Gasteiger partial charge in [-0.25, -0.2) is 23.2 Å². The van der Waals surface area contributed by atoms with Gasteiger partial charge in [0.1, 0.15) is 24.2 Å². The number of thioether (sulfide) groups is 1. The number of nitrogens with zero attached hydrogens (tertiary/aromatic N) is 5. The van der Waals surface area contributed by atoms with Crippen molar-refractivity contribution in [2.45, 2.75) is 44.2 Å². The first kappa shape index (κ1) is 27.3. The van der Waals surface area contributed by atoms with Gasteiger partial charge in [0, 0.05) is 25.8 Å². The molecule has 2 aromatic heterocycles. The van der Waals surface area contributed by atoms with Crippen molar-refractivity contribution in [2.24, 2.45) is 5.92 Å². The standard InChI is InChI=1S/C23H31N7O5S2/c24-12-17(3-1-2-16-4-8-36-9-5-16)27-21(31)19(14-30-6-10-37(33,34)11-7-30)28-20-18-13-25-15-26-22(18)35-23(32)29-20/h13,15-17,19H,1-11,14H2,(H,27,31)(H,28,29,32). The van der Waals surface area contributed by atoms with Crippen LogP contribution in [0.2, 0.25) is 0 Å². The highest BCUT2D eigenvalue weighted by Crippen LogP contribution is 2.27. The molecule has 14 heteroatoms. The van der Waals surface area contributed by atoms with Crippen molar-refractivity contribution in [3.05, 3.63) is 23.1 Å². The molecule has 2 unspecified atom stereocenters. The Morgan fingerprint density at radius 1 is 1.30 bits per heavy atom. The van der Waals surface area contributed by atoms with Crippen molar-refractivity contribution in [3.63, 3.8) is 0 Å². The maximum absolute atomic E-state index is 13.4.